The van der Waals surface area contributed by atoms with Crippen molar-refractivity contribution in [3.63, 3.8) is 0 Å². The number of carbonyl (C=O) groups is 1. The van der Waals surface area contributed by atoms with Gasteiger partial charge in [-0.05, 0) is 11.1 Å². The Bertz CT molecular complexity index is 518. The molecule has 3 heteroatoms. The standard InChI is InChI=1S/C15H16N2O/c1-11(2)15(18)7-12-3-5-13(6-4-12)14-8-16-10-17-9-14/h3-6,8-11H,7H2,1-2H3. The van der Waals surface area contributed by atoms with Crippen molar-refractivity contribution in [3.05, 3.63) is 48.5 Å². The summed E-state index contributed by atoms with van der Waals surface area (Å²) >= 11 is 0. The van der Waals surface area contributed by atoms with E-state index in [0.29, 0.717) is 6.42 Å². The van der Waals surface area contributed by atoms with Crippen LogP contribution in [0, 0.1) is 5.92 Å². The molecule has 0 bridgehead atoms. The first-order valence-corrected chi connectivity index (χ1v) is 6.04. The Morgan fingerprint density at radius 2 is 1.67 bits per heavy atom. The van der Waals surface area contributed by atoms with Gasteiger partial charge in [-0.25, -0.2) is 9.97 Å². The fraction of sp³-hybridized carbons (Fsp3) is 0.267. The van der Waals surface area contributed by atoms with Gasteiger partial charge in [0.25, 0.3) is 0 Å². The van der Waals surface area contributed by atoms with Crippen LogP contribution in [0.4, 0.5) is 0 Å². The van der Waals surface area contributed by atoms with E-state index in [1.165, 1.54) is 6.33 Å². The largest absolute Gasteiger partial charge is 0.299 e. The van der Waals surface area contributed by atoms with Crippen LogP contribution in [-0.4, -0.2) is 15.8 Å². The highest BCUT2D eigenvalue weighted by Gasteiger charge is 2.08. The summed E-state index contributed by atoms with van der Waals surface area (Å²) in [6.07, 6.45) is 5.57. The first-order chi connectivity index (χ1) is 8.66. The molecule has 1 heterocycles. The Labute approximate surface area is 107 Å². The lowest BCUT2D eigenvalue weighted by Gasteiger charge is -2.05. The number of nitrogens with zero attached hydrogens (tertiary/aromatic N) is 2. The normalized spacial score (nSPS) is 10.6. The van der Waals surface area contributed by atoms with E-state index in [1.54, 1.807) is 12.4 Å². The van der Waals surface area contributed by atoms with Crippen LogP contribution in [0.1, 0.15) is 19.4 Å². The lowest BCUT2D eigenvalue weighted by atomic mass is 9.99. The van der Waals surface area contributed by atoms with E-state index in [2.05, 4.69) is 9.97 Å². The Kier molecular flexibility index (Phi) is 3.82. The molecule has 0 spiro atoms. The van der Waals surface area contributed by atoms with Gasteiger partial charge in [0.15, 0.2) is 0 Å². The average molecular weight is 240 g/mol. The SMILES string of the molecule is CC(C)C(=O)Cc1ccc(-c2cncnc2)cc1. The van der Waals surface area contributed by atoms with Crippen LogP contribution in [0.5, 0.6) is 0 Å². The molecule has 0 amide bonds. The molecule has 2 rings (SSSR count). The van der Waals surface area contributed by atoms with Gasteiger partial charge in [0.05, 0.1) is 0 Å². The van der Waals surface area contributed by atoms with Crippen LogP contribution in [0.2, 0.25) is 0 Å². The van der Waals surface area contributed by atoms with Crippen molar-refractivity contribution in [1.82, 2.24) is 9.97 Å². The zero-order chi connectivity index (χ0) is 13.0. The summed E-state index contributed by atoms with van der Waals surface area (Å²) in [6.45, 7) is 3.86. The van der Waals surface area contributed by atoms with Crippen molar-refractivity contribution >= 4 is 5.78 Å². The highest BCUT2D eigenvalue weighted by molar-refractivity contribution is 5.82. The number of aromatic nitrogens is 2. The van der Waals surface area contributed by atoms with Gasteiger partial charge >= 0.3 is 0 Å². The van der Waals surface area contributed by atoms with Crippen molar-refractivity contribution in [1.29, 1.82) is 0 Å². The van der Waals surface area contributed by atoms with Gasteiger partial charge in [0.1, 0.15) is 12.1 Å². The quantitative estimate of drug-likeness (QED) is 0.825. The fourth-order valence-electron chi connectivity index (χ4n) is 1.67. The maximum absolute atomic E-state index is 11.6. The zero-order valence-corrected chi connectivity index (χ0v) is 10.6. The number of ketones is 1. The van der Waals surface area contributed by atoms with E-state index < -0.39 is 0 Å². The first-order valence-electron chi connectivity index (χ1n) is 6.04. The molecule has 0 atom stereocenters. The molecule has 1 aromatic carbocycles. The minimum Gasteiger partial charge on any atom is -0.299 e. The van der Waals surface area contributed by atoms with E-state index in [4.69, 9.17) is 0 Å². The summed E-state index contributed by atoms with van der Waals surface area (Å²) in [7, 11) is 0. The minimum atomic E-state index is 0.0900. The number of Topliss-reactive ketones (excluding diaryl/α,β-unsaturated/α-hetero) is 1. The summed E-state index contributed by atoms with van der Waals surface area (Å²) in [4.78, 5) is 19.6. The van der Waals surface area contributed by atoms with Crippen molar-refractivity contribution < 1.29 is 4.79 Å². The van der Waals surface area contributed by atoms with Crippen molar-refractivity contribution in [2.24, 2.45) is 5.92 Å². The third-order valence-electron chi connectivity index (χ3n) is 2.87. The summed E-state index contributed by atoms with van der Waals surface area (Å²) in [5, 5.41) is 0. The van der Waals surface area contributed by atoms with E-state index in [-0.39, 0.29) is 11.7 Å². The van der Waals surface area contributed by atoms with Crippen LogP contribution < -0.4 is 0 Å². The molecule has 2 aromatic rings. The molecule has 0 aliphatic heterocycles. The number of rotatable bonds is 4. The van der Waals surface area contributed by atoms with Gasteiger partial charge in [-0.3, -0.25) is 4.79 Å². The Hall–Kier alpha value is -2.03. The Balaban J connectivity index is 2.13. The third kappa shape index (κ3) is 3.00. The maximum atomic E-state index is 11.6. The minimum absolute atomic E-state index is 0.0900. The van der Waals surface area contributed by atoms with E-state index in [1.807, 2.05) is 38.1 Å². The predicted octanol–water partition coefficient (Wildman–Crippen LogP) is 2.91. The molecule has 0 unspecified atom stereocenters. The molecule has 0 aliphatic carbocycles. The zero-order valence-electron chi connectivity index (χ0n) is 10.6. The third-order valence-corrected chi connectivity index (χ3v) is 2.87. The van der Waals surface area contributed by atoms with Gasteiger partial charge < -0.3 is 0 Å². The van der Waals surface area contributed by atoms with Crippen molar-refractivity contribution in [3.8, 4) is 11.1 Å². The summed E-state index contributed by atoms with van der Waals surface area (Å²) < 4.78 is 0. The molecule has 0 saturated heterocycles. The van der Waals surface area contributed by atoms with Crippen LogP contribution >= 0.6 is 0 Å². The van der Waals surface area contributed by atoms with E-state index in [9.17, 15) is 4.79 Å². The summed E-state index contributed by atoms with van der Waals surface area (Å²) in [5.41, 5.74) is 3.10. The summed E-state index contributed by atoms with van der Waals surface area (Å²) in [5.74, 6) is 0.359. The van der Waals surface area contributed by atoms with Crippen molar-refractivity contribution in [2.75, 3.05) is 0 Å². The molecule has 0 N–H and O–H groups in total. The molecule has 0 aliphatic rings. The molecule has 92 valence electrons. The number of hydrogen-bond donors (Lipinski definition) is 0. The molecule has 1 aromatic heterocycles. The lowest BCUT2D eigenvalue weighted by Crippen LogP contribution is -2.09. The van der Waals surface area contributed by atoms with Gasteiger partial charge in [-0.1, -0.05) is 38.1 Å². The van der Waals surface area contributed by atoms with Crippen LogP contribution in [0.3, 0.4) is 0 Å². The Morgan fingerprint density at radius 3 is 2.22 bits per heavy atom. The van der Waals surface area contributed by atoms with Crippen LogP contribution in [0.25, 0.3) is 11.1 Å². The number of carbonyl (C=O) groups excluding carboxylic acids is 1. The monoisotopic (exact) mass is 240 g/mol. The molecule has 0 saturated carbocycles. The highest BCUT2D eigenvalue weighted by atomic mass is 16.1. The number of benzene rings is 1. The van der Waals surface area contributed by atoms with Gasteiger partial charge in [0, 0.05) is 30.3 Å². The van der Waals surface area contributed by atoms with Gasteiger partial charge in [0.2, 0.25) is 0 Å². The first kappa shape index (κ1) is 12.4. The molecule has 18 heavy (non-hydrogen) atoms. The second kappa shape index (κ2) is 5.54. The topological polar surface area (TPSA) is 42.9 Å². The van der Waals surface area contributed by atoms with E-state index in [0.717, 1.165) is 16.7 Å². The van der Waals surface area contributed by atoms with E-state index >= 15 is 0 Å². The highest BCUT2D eigenvalue weighted by Crippen LogP contribution is 2.18. The number of hydrogen-bond acceptors (Lipinski definition) is 3. The van der Waals surface area contributed by atoms with Crippen LogP contribution in [-0.2, 0) is 11.2 Å². The second-order valence-electron chi connectivity index (χ2n) is 4.62. The fourth-order valence-corrected chi connectivity index (χ4v) is 1.67. The summed E-state index contributed by atoms with van der Waals surface area (Å²) in [6, 6.07) is 7.98. The lowest BCUT2D eigenvalue weighted by molar-refractivity contribution is -0.121. The van der Waals surface area contributed by atoms with Gasteiger partial charge in [-0.2, -0.15) is 0 Å². The molecule has 3 nitrogen and oxygen atoms in total. The predicted molar refractivity (Wildman–Crippen MR) is 71.0 cm³/mol. The average Bonchev–Trinajstić information content (AvgIpc) is 2.40. The second-order valence-corrected chi connectivity index (χ2v) is 4.62. The molecule has 0 fully saturated rings. The Morgan fingerprint density at radius 1 is 1.06 bits per heavy atom. The molecular weight excluding hydrogens is 224 g/mol. The smallest absolute Gasteiger partial charge is 0.139 e. The molecular formula is C15H16N2O. The van der Waals surface area contributed by atoms with Gasteiger partial charge in [-0.15, -0.1) is 0 Å². The van der Waals surface area contributed by atoms with Crippen molar-refractivity contribution in [2.45, 2.75) is 20.3 Å². The maximum Gasteiger partial charge on any atom is 0.139 e. The molecule has 0 radical (unpaired) electrons. The van der Waals surface area contributed by atoms with Crippen LogP contribution in [0.15, 0.2) is 43.0 Å².